The number of carbonyl (C=O) groups excluding carboxylic acids is 1. The topological polar surface area (TPSA) is 90.4 Å². The van der Waals surface area contributed by atoms with Crippen LogP contribution in [0, 0.1) is 5.92 Å². The number of thiophene rings is 1. The number of hydrogen-bond donors (Lipinski definition) is 1. The Morgan fingerprint density at radius 2 is 1.90 bits per heavy atom. The van der Waals surface area contributed by atoms with Gasteiger partial charge in [0.15, 0.2) is 0 Å². The van der Waals surface area contributed by atoms with Crippen molar-refractivity contribution in [1.82, 2.24) is 18.7 Å². The van der Waals surface area contributed by atoms with Crippen LogP contribution in [0.4, 0.5) is 5.69 Å². The normalized spacial score (nSPS) is 11.6. The Morgan fingerprint density at radius 3 is 2.57 bits per heavy atom. The lowest BCUT2D eigenvalue weighted by Gasteiger charge is -2.09. The van der Waals surface area contributed by atoms with E-state index in [-0.39, 0.29) is 29.7 Å². The van der Waals surface area contributed by atoms with Crippen molar-refractivity contribution >= 4 is 38.9 Å². The third kappa shape index (κ3) is 3.56. The monoisotopic (exact) mass is 425 g/mol. The number of benzene rings is 1. The number of hydrogen-bond acceptors (Lipinski definition) is 5. The van der Waals surface area contributed by atoms with Crippen molar-refractivity contribution in [2.75, 3.05) is 5.32 Å². The molecular formula is C21H23N5O3S. The molecule has 156 valence electrons. The number of fused-ring (bicyclic) bond motifs is 3. The molecule has 0 aliphatic rings. The molecule has 30 heavy (non-hydrogen) atoms. The zero-order valence-corrected chi connectivity index (χ0v) is 17.9. The second-order valence-electron chi connectivity index (χ2n) is 7.62. The first-order valence-electron chi connectivity index (χ1n) is 9.87. The van der Waals surface area contributed by atoms with E-state index in [9.17, 15) is 14.4 Å². The van der Waals surface area contributed by atoms with Crippen molar-refractivity contribution in [3.05, 3.63) is 62.1 Å². The molecule has 0 radical (unpaired) electrons. The summed E-state index contributed by atoms with van der Waals surface area (Å²) in [6.07, 6.45) is 0.917. The van der Waals surface area contributed by atoms with E-state index in [0.717, 1.165) is 11.1 Å². The van der Waals surface area contributed by atoms with E-state index in [4.69, 9.17) is 0 Å². The van der Waals surface area contributed by atoms with Crippen molar-refractivity contribution in [3.8, 4) is 0 Å². The van der Waals surface area contributed by atoms with Gasteiger partial charge in [-0.25, -0.2) is 13.9 Å². The maximum absolute atomic E-state index is 13.0. The molecule has 0 saturated heterocycles. The van der Waals surface area contributed by atoms with Gasteiger partial charge in [-0.15, -0.1) is 16.4 Å². The van der Waals surface area contributed by atoms with E-state index >= 15 is 0 Å². The summed E-state index contributed by atoms with van der Waals surface area (Å²) < 4.78 is 4.55. The fourth-order valence-electron chi connectivity index (χ4n) is 3.43. The maximum Gasteiger partial charge on any atom is 0.352 e. The van der Waals surface area contributed by atoms with Crippen LogP contribution in [0.2, 0.25) is 0 Å². The second-order valence-corrected chi connectivity index (χ2v) is 8.53. The van der Waals surface area contributed by atoms with Crippen LogP contribution >= 0.6 is 11.3 Å². The number of amides is 1. The largest absolute Gasteiger partial charge is 0.352 e. The van der Waals surface area contributed by atoms with Gasteiger partial charge < -0.3 is 5.32 Å². The molecule has 3 heterocycles. The molecular weight excluding hydrogens is 402 g/mol. The highest BCUT2D eigenvalue weighted by Crippen LogP contribution is 2.18. The minimum Gasteiger partial charge on any atom is -0.324 e. The van der Waals surface area contributed by atoms with Crippen LogP contribution in [0.5, 0.6) is 0 Å². The summed E-state index contributed by atoms with van der Waals surface area (Å²) in [5.74, 6) is 0.0901. The molecule has 1 N–H and O–H groups in total. The molecule has 0 spiro atoms. The van der Waals surface area contributed by atoms with Crippen molar-refractivity contribution in [2.45, 2.75) is 40.3 Å². The zero-order valence-electron chi connectivity index (χ0n) is 17.1. The van der Waals surface area contributed by atoms with Gasteiger partial charge in [0.2, 0.25) is 11.7 Å². The molecule has 1 aromatic carbocycles. The summed E-state index contributed by atoms with van der Waals surface area (Å²) in [6, 6.07) is 9.29. The fourth-order valence-corrected chi connectivity index (χ4v) is 4.25. The molecule has 4 rings (SSSR count). The molecule has 0 unspecified atom stereocenters. The second kappa shape index (κ2) is 7.91. The van der Waals surface area contributed by atoms with Gasteiger partial charge in [-0.1, -0.05) is 32.9 Å². The number of nitrogens with one attached hydrogen (secondary N) is 1. The lowest BCUT2D eigenvalue weighted by molar-refractivity contribution is -0.117. The smallest absolute Gasteiger partial charge is 0.324 e. The van der Waals surface area contributed by atoms with Crippen LogP contribution in [0.1, 0.15) is 26.3 Å². The van der Waals surface area contributed by atoms with Crippen molar-refractivity contribution in [3.63, 3.8) is 0 Å². The predicted molar refractivity (Wildman–Crippen MR) is 118 cm³/mol. The Morgan fingerprint density at radius 1 is 1.17 bits per heavy atom. The Hall–Kier alpha value is -3.20. The zero-order chi connectivity index (χ0) is 21.4. The third-order valence-electron chi connectivity index (χ3n) is 4.88. The standard InChI is InChI=1S/C21H23N5O3S/c1-4-14-5-7-15(8-6-14)22-17(27)12-25-21(29)26-16-9-10-30-18(16)19(28)24(11-13(2)3)20(26)23-25/h5-10,13H,4,11-12H2,1-3H3,(H,22,27). The average molecular weight is 426 g/mol. The van der Waals surface area contributed by atoms with E-state index < -0.39 is 5.69 Å². The fraction of sp³-hybridized carbons (Fsp3) is 0.333. The summed E-state index contributed by atoms with van der Waals surface area (Å²) in [7, 11) is 0. The number of aryl methyl sites for hydroxylation is 1. The Balaban J connectivity index is 1.72. The Bertz CT molecular complexity index is 1340. The average Bonchev–Trinajstić information content (AvgIpc) is 3.31. The molecule has 4 aromatic rings. The molecule has 0 saturated carbocycles. The first-order valence-corrected chi connectivity index (χ1v) is 10.8. The summed E-state index contributed by atoms with van der Waals surface area (Å²) in [5.41, 5.74) is 1.74. The Labute approximate surface area is 176 Å². The van der Waals surface area contributed by atoms with Gasteiger partial charge in [-0.05, 0) is 41.5 Å². The summed E-state index contributed by atoms with van der Waals surface area (Å²) in [4.78, 5) is 38.5. The highest BCUT2D eigenvalue weighted by Gasteiger charge is 2.20. The number of rotatable bonds is 6. The van der Waals surface area contributed by atoms with Crippen molar-refractivity contribution in [2.24, 2.45) is 5.92 Å². The van der Waals surface area contributed by atoms with Crippen LogP contribution in [0.15, 0.2) is 45.3 Å². The van der Waals surface area contributed by atoms with E-state index in [2.05, 4.69) is 17.3 Å². The molecule has 8 nitrogen and oxygen atoms in total. The van der Waals surface area contributed by atoms with Gasteiger partial charge in [0.1, 0.15) is 11.2 Å². The van der Waals surface area contributed by atoms with E-state index in [1.54, 1.807) is 11.4 Å². The summed E-state index contributed by atoms with van der Waals surface area (Å²) in [5, 5.41) is 8.91. The van der Waals surface area contributed by atoms with E-state index in [1.165, 1.54) is 25.9 Å². The molecule has 9 heteroatoms. The van der Waals surface area contributed by atoms with Crippen LogP contribution < -0.4 is 16.6 Å². The highest BCUT2D eigenvalue weighted by atomic mass is 32.1. The van der Waals surface area contributed by atoms with Crippen molar-refractivity contribution < 1.29 is 4.79 Å². The number of anilines is 1. The third-order valence-corrected chi connectivity index (χ3v) is 5.77. The molecule has 0 bridgehead atoms. The maximum atomic E-state index is 13.0. The molecule has 0 fully saturated rings. The summed E-state index contributed by atoms with van der Waals surface area (Å²) in [6.45, 7) is 6.24. The van der Waals surface area contributed by atoms with Gasteiger partial charge in [0, 0.05) is 12.2 Å². The highest BCUT2D eigenvalue weighted by molar-refractivity contribution is 7.17. The molecule has 0 atom stereocenters. The van der Waals surface area contributed by atoms with Crippen LogP contribution in [-0.2, 0) is 24.3 Å². The molecule has 0 aliphatic carbocycles. The first-order chi connectivity index (χ1) is 14.4. The van der Waals surface area contributed by atoms with Gasteiger partial charge in [-0.3, -0.25) is 14.2 Å². The minimum absolute atomic E-state index is 0.168. The number of carbonyl (C=O) groups is 1. The molecule has 1 amide bonds. The van der Waals surface area contributed by atoms with Crippen LogP contribution in [-0.4, -0.2) is 24.7 Å². The Kier molecular flexibility index (Phi) is 5.29. The van der Waals surface area contributed by atoms with Crippen LogP contribution in [0.3, 0.4) is 0 Å². The van der Waals surface area contributed by atoms with Gasteiger partial charge in [-0.2, -0.15) is 0 Å². The number of nitrogens with zero attached hydrogens (tertiary/aromatic N) is 4. The van der Waals surface area contributed by atoms with Gasteiger partial charge in [0.05, 0.1) is 5.52 Å². The van der Waals surface area contributed by atoms with Crippen LogP contribution in [0.25, 0.3) is 16.0 Å². The summed E-state index contributed by atoms with van der Waals surface area (Å²) >= 11 is 1.30. The lowest BCUT2D eigenvalue weighted by atomic mass is 10.1. The number of aromatic nitrogens is 4. The van der Waals surface area contributed by atoms with Gasteiger partial charge in [0.25, 0.3) is 5.56 Å². The molecule has 3 aromatic heterocycles. The molecule has 0 aliphatic heterocycles. The first kappa shape index (κ1) is 20.1. The van der Waals surface area contributed by atoms with E-state index in [0.29, 0.717) is 22.4 Å². The SMILES string of the molecule is CCc1ccc(NC(=O)Cn2nc3n(CC(C)C)c(=O)c4sccc4n3c2=O)cc1. The minimum atomic E-state index is -0.442. The lowest BCUT2D eigenvalue weighted by Crippen LogP contribution is -2.29. The van der Waals surface area contributed by atoms with E-state index in [1.807, 2.05) is 38.1 Å². The van der Waals surface area contributed by atoms with Crippen molar-refractivity contribution in [1.29, 1.82) is 0 Å². The predicted octanol–water partition coefficient (Wildman–Crippen LogP) is 2.73. The van der Waals surface area contributed by atoms with Gasteiger partial charge >= 0.3 is 5.69 Å². The quantitative estimate of drug-likeness (QED) is 0.514.